The molecule has 0 bridgehead atoms. The molecule has 0 aliphatic carbocycles. The van der Waals surface area contributed by atoms with Gasteiger partial charge in [0.2, 0.25) is 0 Å². The van der Waals surface area contributed by atoms with Crippen LogP contribution < -0.4 is 0 Å². The van der Waals surface area contributed by atoms with E-state index in [1.165, 1.54) is 0 Å². The Morgan fingerprint density at radius 2 is 1.85 bits per heavy atom. The van der Waals surface area contributed by atoms with Crippen LogP contribution in [0.3, 0.4) is 0 Å². The van der Waals surface area contributed by atoms with Crippen molar-refractivity contribution in [1.82, 2.24) is 0 Å². The Kier molecular flexibility index (Phi) is 4.75. The maximum Gasteiger partial charge on any atom is 0.400 e. The maximum atomic E-state index is 12.4. The van der Waals surface area contributed by atoms with E-state index in [-0.39, 0.29) is 6.61 Å². The van der Waals surface area contributed by atoms with E-state index in [0.29, 0.717) is 6.04 Å². The van der Waals surface area contributed by atoms with Crippen LogP contribution >= 0.6 is 11.6 Å². The third-order valence-corrected chi connectivity index (χ3v) is 3.36. The maximum absolute atomic E-state index is 12.4. The molecule has 1 unspecified atom stereocenters. The lowest BCUT2D eigenvalue weighted by atomic mass is 10.7. The molecule has 0 spiro atoms. The van der Waals surface area contributed by atoms with Crippen molar-refractivity contribution in [3.05, 3.63) is 0 Å². The minimum atomic E-state index is -3.86. The molecule has 0 heterocycles. The van der Waals surface area contributed by atoms with Crippen LogP contribution in [0.4, 0.5) is 13.2 Å². The van der Waals surface area contributed by atoms with Gasteiger partial charge in [0.25, 0.3) is 5.63 Å². The summed E-state index contributed by atoms with van der Waals surface area (Å²) in [5, 5.41) is 0. The Morgan fingerprint density at radius 3 is 2.15 bits per heavy atom. The van der Waals surface area contributed by atoms with E-state index in [9.17, 15) is 13.2 Å². The number of ether oxygens (including phenoxy) is 1. The van der Waals surface area contributed by atoms with Crippen LogP contribution in [0.2, 0.25) is 25.7 Å². The highest BCUT2D eigenvalue weighted by atomic mass is 35.5. The Bertz CT molecular complexity index is 158. The fraction of sp³-hybridized carbons (Fsp3) is 1.00. The summed E-state index contributed by atoms with van der Waals surface area (Å²) in [6.45, 7) is 5.91. The summed E-state index contributed by atoms with van der Waals surface area (Å²) >= 11 is 4.59. The third kappa shape index (κ3) is 6.34. The number of rotatable bonds is 5. The van der Waals surface area contributed by atoms with Crippen molar-refractivity contribution in [1.29, 1.82) is 0 Å². The minimum Gasteiger partial charge on any atom is -0.317 e. The number of hydrogen-bond acceptors (Lipinski definition) is 1. The topological polar surface area (TPSA) is 9.23 Å². The average Bonchev–Trinajstić information content (AvgIpc) is 1.82. The van der Waals surface area contributed by atoms with Gasteiger partial charge in [-0.05, 0) is 6.04 Å². The van der Waals surface area contributed by atoms with E-state index in [1.807, 2.05) is 19.6 Å². The normalized spacial score (nSPS) is 15.9. The zero-order valence-electron chi connectivity index (χ0n) is 7.91. The van der Waals surface area contributed by atoms with Crippen LogP contribution in [0.1, 0.15) is 0 Å². The van der Waals surface area contributed by atoms with Gasteiger partial charge in [0, 0.05) is 8.07 Å². The molecule has 13 heavy (non-hydrogen) atoms. The van der Waals surface area contributed by atoms with Gasteiger partial charge in [-0.2, -0.15) is 8.78 Å². The molecule has 80 valence electrons. The molecule has 0 rings (SSSR count). The van der Waals surface area contributed by atoms with Crippen molar-refractivity contribution >= 4 is 19.7 Å². The minimum absolute atomic E-state index is 0.143. The average molecular weight is 235 g/mol. The van der Waals surface area contributed by atoms with Gasteiger partial charge in [-0.1, -0.05) is 31.2 Å². The lowest BCUT2D eigenvalue weighted by molar-refractivity contribution is -0.254. The van der Waals surface area contributed by atoms with Gasteiger partial charge in [-0.15, -0.1) is 0 Å². The summed E-state index contributed by atoms with van der Waals surface area (Å²) in [5.74, 6) is 0. The molecule has 1 nitrogen and oxygen atoms in total. The van der Waals surface area contributed by atoms with Gasteiger partial charge in [0.15, 0.2) is 0 Å². The van der Waals surface area contributed by atoms with Crippen LogP contribution in [0, 0.1) is 0 Å². The molecule has 0 aliphatic rings. The molecule has 1 atom stereocenters. The van der Waals surface area contributed by atoms with Crippen molar-refractivity contribution in [3.8, 4) is 0 Å². The first-order valence-electron chi connectivity index (χ1n) is 3.95. The van der Waals surface area contributed by atoms with Gasteiger partial charge in [-0.3, -0.25) is 0 Å². The highest BCUT2D eigenvalue weighted by Gasteiger charge is 2.40. The zero-order chi connectivity index (χ0) is 10.7. The quantitative estimate of drug-likeness (QED) is 0.523. The summed E-state index contributed by atoms with van der Waals surface area (Å²) in [7, 11) is -1.42. The molecule has 0 aromatic rings. The lowest BCUT2D eigenvalue weighted by Gasteiger charge is -2.20. The van der Waals surface area contributed by atoms with Gasteiger partial charge < -0.3 is 4.74 Å². The van der Waals surface area contributed by atoms with Gasteiger partial charge >= 0.3 is 6.11 Å². The number of alkyl halides is 4. The molecule has 0 aliphatic heterocycles. The van der Waals surface area contributed by atoms with E-state index in [4.69, 9.17) is 0 Å². The third-order valence-electron chi connectivity index (χ3n) is 1.40. The SMILES string of the molecule is C[Si](C)(C)CCOC(F)(F)C(F)Cl. The van der Waals surface area contributed by atoms with E-state index < -0.39 is 19.8 Å². The fourth-order valence-electron chi connectivity index (χ4n) is 0.556. The second kappa shape index (κ2) is 4.66. The Morgan fingerprint density at radius 1 is 1.38 bits per heavy atom. The van der Waals surface area contributed by atoms with Gasteiger partial charge in [0.05, 0.1) is 6.61 Å². The predicted molar refractivity (Wildman–Crippen MR) is 49.8 cm³/mol. The molecule has 0 N–H and O–H groups in total. The van der Waals surface area contributed by atoms with Gasteiger partial charge in [0.1, 0.15) is 0 Å². The summed E-state index contributed by atoms with van der Waals surface area (Å²) in [6, 6.07) is 0.562. The van der Waals surface area contributed by atoms with Crippen molar-refractivity contribution in [2.45, 2.75) is 37.4 Å². The van der Waals surface area contributed by atoms with Crippen molar-refractivity contribution in [2.24, 2.45) is 0 Å². The molecule has 6 heteroatoms. The summed E-state index contributed by atoms with van der Waals surface area (Å²) in [4.78, 5) is 0. The van der Waals surface area contributed by atoms with E-state index >= 15 is 0 Å². The molecular formula is C7H14ClF3OSi. The molecule has 0 saturated heterocycles. The monoisotopic (exact) mass is 234 g/mol. The van der Waals surface area contributed by atoms with E-state index in [0.717, 1.165) is 0 Å². The first kappa shape index (κ1) is 13.3. The second-order valence-corrected chi connectivity index (χ2v) is 10.0. The highest BCUT2D eigenvalue weighted by molar-refractivity contribution is 6.76. The molecule has 0 aromatic heterocycles. The summed E-state index contributed by atoms with van der Waals surface area (Å²) in [5.41, 5.74) is -2.77. The summed E-state index contributed by atoms with van der Waals surface area (Å²) < 4.78 is 40.9. The van der Waals surface area contributed by atoms with Gasteiger partial charge in [-0.25, -0.2) is 4.39 Å². The highest BCUT2D eigenvalue weighted by Crippen LogP contribution is 2.26. The molecule has 0 aromatic carbocycles. The molecular weight excluding hydrogens is 221 g/mol. The molecule has 0 fully saturated rings. The van der Waals surface area contributed by atoms with Crippen LogP contribution in [0.5, 0.6) is 0 Å². The molecule has 0 radical (unpaired) electrons. The Hall–Kier alpha value is 0.257. The fourth-order valence-corrected chi connectivity index (χ4v) is 1.33. The molecule has 0 amide bonds. The lowest BCUT2D eigenvalue weighted by Crippen LogP contribution is -2.32. The van der Waals surface area contributed by atoms with Crippen LogP contribution in [0.25, 0.3) is 0 Å². The standard InChI is InChI=1S/C7H14ClF3OSi/c1-13(2,3)5-4-12-7(10,11)6(8)9/h6H,4-5H2,1-3H3. The van der Waals surface area contributed by atoms with Crippen LogP contribution in [-0.4, -0.2) is 26.4 Å². The first-order valence-corrected chi connectivity index (χ1v) is 8.09. The first-order chi connectivity index (χ1) is 5.65. The van der Waals surface area contributed by atoms with Crippen molar-refractivity contribution in [3.63, 3.8) is 0 Å². The van der Waals surface area contributed by atoms with E-state index in [1.54, 1.807) is 0 Å². The van der Waals surface area contributed by atoms with Crippen molar-refractivity contribution in [2.75, 3.05) is 6.61 Å². The zero-order valence-corrected chi connectivity index (χ0v) is 9.67. The van der Waals surface area contributed by atoms with Crippen molar-refractivity contribution < 1.29 is 17.9 Å². The van der Waals surface area contributed by atoms with E-state index in [2.05, 4.69) is 16.3 Å². The number of hydrogen-bond donors (Lipinski definition) is 0. The summed E-state index contributed by atoms with van der Waals surface area (Å²) in [6.07, 6.45) is -3.86. The molecule has 0 saturated carbocycles. The second-order valence-electron chi connectivity index (χ2n) is 4.02. The van der Waals surface area contributed by atoms with Crippen LogP contribution in [-0.2, 0) is 4.74 Å². The largest absolute Gasteiger partial charge is 0.400 e. The predicted octanol–water partition coefficient (Wildman–Crippen LogP) is 3.47. The van der Waals surface area contributed by atoms with Crippen LogP contribution in [0.15, 0.2) is 0 Å². The Balaban J connectivity index is 3.77. The Labute approximate surface area is 82.2 Å². The number of halogens is 4. The smallest absolute Gasteiger partial charge is 0.317 e.